The molecule has 0 radical (unpaired) electrons. The predicted octanol–water partition coefficient (Wildman–Crippen LogP) is 3.03. The summed E-state index contributed by atoms with van der Waals surface area (Å²) in [6.07, 6.45) is -3.93. The quantitative estimate of drug-likeness (QED) is 0.798. The Hall–Kier alpha value is -2.09. The molecule has 0 atom stereocenters. The van der Waals surface area contributed by atoms with E-state index in [2.05, 4.69) is 14.8 Å². The van der Waals surface area contributed by atoms with Crippen LogP contribution in [0.3, 0.4) is 0 Å². The number of pyridine rings is 1. The van der Waals surface area contributed by atoms with Crippen molar-refractivity contribution >= 4 is 17.6 Å². The molecule has 0 aliphatic carbocycles. The summed E-state index contributed by atoms with van der Waals surface area (Å²) in [7, 11) is 1.18. The molecule has 0 N–H and O–H groups in total. The fraction of sp³-hybridized carbons (Fsp3) is 0.250. The van der Waals surface area contributed by atoms with Crippen molar-refractivity contribution < 1.29 is 22.7 Å². The van der Waals surface area contributed by atoms with E-state index < -0.39 is 17.7 Å². The summed E-state index contributed by atoms with van der Waals surface area (Å²) in [5, 5.41) is 3.71. The van der Waals surface area contributed by atoms with Crippen molar-refractivity contribution in [3.63, 3.8) is 0 Å². The normalized spacial score (nSPS) is 11.5. The monoisotopic (exact) mass is 319 g/mol. The molecule has 2 heterocycles. The zero-order valence-corrected chi connectivity index (χ0v) is 11.7. The lowest BCUT2D eigenvalue weighted by Gasteiger charge is -2.10. The van der Waals surface area contributed by atoms with E-state index in [4.69, 9.17) is 11.6 Å². The van der Waals surface area contributed by atoms with Crippen LogP contribution in [0.2, 0.25) is 5.02 Å². The third kappa shape index (κ3) is 2.99. The number of nitrogens with zero attached hydrogens (tertiary/aromatic N) is 3. The lowest BCUT2D eigenvalue weighted by Crippen LogP contribution is -2.13. The molecule has 0 aromatic carbocycles. The molecule has 0 aliphatic heterocycles. The minimum absolute atomic E-state index is 0.0177. The smallest absolute Gasteiger partial charge is 0.417 e. The Morgan fingerprint density at radius 1 is 1.38 bits per heavy atom. The van der Waals surface area contributed by atoms with Gasteiger partial charge in [0.25, 0.3) is 0 Å². The summed E-state index contributed by atoms with van der Waals surface area (Å²) in [4.78, 5) is 15.3. The fourth-order valence-corrected chi connectivity index (χ4v) is 1.90. The highest BCUT2D eigenvalue weighted by atomic mass is 35.5. The molecule has 9 heteroatoms. The molecular formula is C12H9ClF3N3O2. The SMILES string of the molecule is COC(=O)c1cc(C)nn1-c1ncc(C(F)(F)F)cc1Cl. The van der Waals surface area contributed by atoms with Crippen LogP contribution < -0.4 is 0 Å². The van der Waals surface area contributed by atoms with E-state index in [0.29, 0.717) is 11.9 Å². The maximum absolute atomic E-state index is 12.6. The summed E-state index contributed by atoms with van der Waals surface area (Å²) < 4.78 is 43.3. The number of esters is 1. The Bertz CT molecular complexity index is 698. The molecule has 0 unspecified atom stereocenters. The molecule has 5 nitrogen and oxygen atoms in total. The van der Waals surface area contributed by atoms with Crippen molar-refractivity contribution in [2.24, 2.45) is 0 Å². The van der Waals surface area contributed by atoms with E-state index >= 15 is 0 Å². The highest BCUT2D eigenvalue weighted by molar-refractivity contribution is 6.32. The van der Waals surface area contributed by atoms with Gasteiger partial charge in [-0.15, -0.1) is 0 Å². The third-order valence-corrected chi connectivity index (χ3v) is 2.85. The van der Waals surface area contributed by atoms with Crippen LogP contribution in [0.1, 0.15) is 21.7 Å². The molecule has 112 valence electrons. The van der Waals surface area contributed by atoms with Gasteiger partial charge in [-0.3, -0.25) is 0 Å². The van der Waals surface area contributed by atoms with Crippen LogP contribution in [-0.4, -0.2) is 27.8 Å². The summed E-state index contributed by atoms with van der Waals surface area (Å²) in [6.45, 7) is 1.61. The average Bonchev–Trinajstić information content (AvgIpc) is 2.78. The minimum atomic E-state index is -4.56. The molecular weight excluding hydrogens is 311 g/mol. The molecule has 0 saturated carbocycles. The first-order chi connectivity index (χ1) is 9.74. The van der Waals surface area contributed by atoms with E-state index in [1.54, 1.807) is 6.92 Å². The molecule has 2 rings (SSSR count). The Morgan fingerprint density at radius 3 is 2.57 bits per heavy atom. The van der Waals surface area contributed by atoms with E-state index in [1.807, 2.05) is 0 Å². The summed E-state index contributed by atoms with van der Waals surface area (Å²) >= 11 is 5.82. The summed E-state index contributed by atoms with van der Waals surface area (Å²) in [5.41, 5.74) is -0.503. The summed E-state index contributed by atoms with van der Waals surface area (Å²) in [6, 6.07) is 2.14. The fourth-order valence-electron chi connectivity index (χ4n) is 1.65. The predicted molar refractivity (Wildman–Crippen MR) is 67.4 cm³/mol. The molecule has 0 aliphatic rings. The van der Waals surface area contributed by atoms with Gasteiger partial charge in [0.1, 0.15) is 0 Å². The second-order valence-electron chi connectivity index (χ2n) is 4.10. The van der Waals surface area contributed by atoms with Crippen molar-refractivity contribution in [3.8, 4) is 5.82 Å². The Labute approximate surface area is 122 Å². The lowest BCUT2D eigenvalue weighted by atomic mass is 10.2. The van der Waals surface area contributed by atoms with Gasteiger partial charge in [-0.05, 0) is 19.1 Å². The highest BCUT2D eigenvalue weighted by Gasteiger charge is 2.32. The van der Waals surface area contributed by atoms with E-state index in [1.165, 1.54) is 13.2 Å². The van der Waals surface area contributed by atoms with Crippen molar-refractivity contribution in [2.75, 3.05) is 7.11 Å². The van der Waals surface area contributed by atoms with E-state index in [9.17, 15) is 18.0 Å². The van der Waals surface area contributed by atoms with Crippen molar-refractivity contribution in [1.82, 2.24) is 14.8 Å². The number of halogens is 4. The molecule has 0 amide bonds. The first kappa shape index (κ1) is 15.3. The van der Waals surface area contributed by atoms with Crippen molar-refractivity contribution in [2.45, 2.75) is 13.1 Å². The lowest BCUT2D eigenvalue weighted by molar-refractivity contribution is -0.137. The number of aryl methyl sites for hydroxylation is 1. The number of hydrogen-bond donors (Lipinski definition) is 0. The maximum atomic E-state index is 12.6. The van der Waals surface area contributed by atoms with Crippen LogP contribution in [0.15, 0.2) is 18.3 Å². The Morgan fingerprint density at radius 2 is 2.05 bits per heavy atom. The molecule has 0 spiro atoms. The zero-order valence-electron chi connectivity index (χ0n) is 10.9. The highest BCUT2D eigenvalue weighted by Crippen LogP contribution is 2.32. The Balaban J connectivity index is 2.56. The van der Waals surface area contributed by atoms with Gasteiger partial charge in [-0.25, -0.2) is 14.5 Å². The van der Waals surface area contributed by atoms with Crippen LogP contribution in [0.25, 0.3) is 5.82 Å². The summed E-state index contributed by atoms with van der Waals surface area (Å²) in [5.74, 6) is -0.786. The van der Waals surface area contributed by atoms with Crippen molar-refractivity contribution in [3.05, 3.63) is 40.3 Å². The van der Waals surface area contributed by atoms with Crippen LogP contribution in [-0.2, 0) is 10.9 Å². The van der Waals surface area contributed by atoms with Crippen LogP contribution >= 0.6 is 11.6 Å². The largest absolute Gasteiger partial charge is 0.464 e. The first-order valence-corrected chi connectivity index (χ1v) is 6.00. The maximum Gasteiger partial charge on any atom is 0.417 e. The number of hydrogen-bond acceptors (Lipinski definition) is 4. The van der Waals surface area contributed by atoms with Gasteiger partial charge in [-0.2, -0.15) is 18.3 Å². The van der Waals surface area contributed by atoms with Gasteiger partial charge < -0.3 is 4.74 Å². The van der Waals surface area contributed by atoms with Gasteiger partial charge in [-0.1, -0.05) is 11.6 Å². The number of carbonyl (C=O) groups is 1. The van der Waals surface area contributed by atoms with Gasteiger partial charge in [0.2, 0.25) is 0 Å². The average molecular weight is 320 g/mol. The molecule has 0 bridgehead atoms. The minimum Gasteiger partial charge on any atom is -0.464 e. The number of carbonyl (C=O) groups excluding carboxylic acids is 1. The molecule has 21 heavy (non-hydrogen) atoms. The standard InChI is InChI=1S/C12H9ClF3N3O2/c1-6-3-9(11(20)21-2)19(18-6)10-8(13)4-7(5-17-10)12(14,15)16/h3-5H,1-2H3. The van der Waals surface area contributed by atoms with Crippen LogP contribution in [0.4, 0.5) is 13.2 Å². The second-order valence-corrected chi connectivity index (χ2v) is 4.51. The van der Waals surface area contributed by atoms with Gasteiger partial charge in [0.05, 0.1) is 23.4 Å². The molecule has 0 fully saturated rings. The zero-order chi connectivity index (χ0) is 15.8. The molecule has 0 saturated heterocycles. The number of rotatable bonds is 2. The first-order valence-electron chi connectivity index (χ1n) is 5.62. The Kier molecular flexibility index (Phi) is 3.91. The number of ether oxygens (including phenoxy) is 1. The van der Waals surface area contributed by atoms with E-state index in [-0.39, 0.29) is 16.5 Å². The number of methoxy groups -OCH3 is 1. The van der Waals surface area contributed by atoms with Gasteiger partial charge in [0, 0.05) is 6.20 Å². The van der Waals surface area contributed by atoms with Gasteiger partial charge in [0.15, 0.2) is 11.5 Å². The van der Waals surface area contributed by atoms with E-state index in [0.717, 1.165) is 10.7 Å². The third-order valence-electron chi connectivity index (χ3n) is 2.58. The van der Waals surface area contributed by atoms with Crippen LogP contribution in [0.5, 0.6) is 0 Å². The van der Waals surface area contributed by atoms with Crippen LogP contribution in [0, 0.1) is 6.92 Å². The topological polar surface area (TPSA) is 57.0 Å². The molecule has 2 aromatic heterocycles. The second kappa shape index (κ2) is 5.36. The number of alkyl halides is 3. The molecule has 2 aromatic rings. The van der Waals surface area contributed by atoms with Crippen molar-refractivity contribution in [1.29, 1.82) is 0 Å². The number of aromatic nitrogens is 3. The van der Waals surface area contributed by atoms with Gasteiger partial charge >= 0.3 is 12.1 Å².